The fourth-order valence-corrected chi connectivity index (χ4v) is 4.71. The number of carboxylic acid groups (broad SMARTS) is 1. The Morgan fingerprint density at radius 1 is 1.32 bits per heavy atom. The molecule has 2 atom stereocenters. The number of hydrogen-bond donors (Lipinski definition) is 2. The fraction of sp³-hybridized carbons (Fsp3) is 0.632. The molecule has 134 valence electrons. The van der Waals surface area contributed by atoms with E-state index in [1.807, 2.05) is 18.3 Å². The molecule has 2 heterocycles. The molecule has 2 N–H and O–H groups in total. The Balaban J connectivity index is 1.18. The number of carbonyl (C=O) groups is 2. The largest absolute Gasteiger partial charge is 0.465 e. The van der Waals surface area contributed by atoms with E-state index in [-0.39, 0.29) is 11.8 Å². The minimum atomic E-state index is -0.800. The van der Waals surface area contributed by atoms with Crippen LogP contribution in [0.1, 0.15) is 43.6 Å². The van der Waals surface area contributed by atoms with E-state index >= 15 is 0 Å². The van der Waals surface area contributed by atoms with Crippen molar-refractivity contribution >= 4 is 12.0 Å². The lowest BCUT2D eigenvalue weighted by molar-refractivity contribution is -0.123. The van der Waals surface area contributed by atoms with Crippen LogP contribution in [0, 0.1) is 17.3 Å². The lowest BCUT2D eigenvalue weighted by Crippen LogP contribution is -2.50. The van der Waals surface area contributed by atoms with Gasteiger partial charge in [0, 0.05) is 37.9 Å². The third kappa shape index (κ3) is 3.34. The number of likely N-dealkylation sites (tertiary alicyclic amines) is 1. The summed E-state index contributed by atoms with van der Waals surface area (Å²) in [5, 5.41) is 12.2. The van der Waals surface area contributed by atoms with Crippen molar-refractivity contribution in [3.63, 3.8) is 0 Å². The summed E-state index contributed by atoms with van der Waals surface area (Å²) in [7, 11) is 0. The number of rotatable bonds is 4. The maximum atomic E-state index is 12.3. The van der Waals surface area contributed by atoms with Gasteiger partial charge in [0.05, 0.1) is 0 Å². The van der Waals surface area contributed by atoms with Crippen molar-refractivity contribution in [2.24, 2.45) is 17.3 Å². The summed E-state index contributed by atoms with van der Waals surface area (Å²) in [6.07, 6.45) is 7.92. The second-order valence-corrected chi connectivity index (χ2v) is 8.02. The zero-order chi connectivity index (χ0) is 17.4. The first-order valence-electron chi connectivity index (χ1n) is 9.22. The number of carbonyl (C=O) groups excluding carboxylic acids is 1. The minimum absolute atomic E-state index is 0.108. The Kier molecular flexibility index (Phi) is 4.13. The monoisotopic (exact) mass is 343 g/mol. The number of nitrogens with one attached hydrogen (secondary N) is 1. The zero-order valence-electron chi connectivity index (χ0n) is 14.4. The van der Waals surface area contributed by atoms with Gasteiger partial charge in [-0.25, -0.2) is 4.79 Å². The van der Waals surface area contributed by atoms with Crippen LogP contribution in [0.4, 0.5) is 4.79 Å². The van der Waals surface area contributed by atoms with Crippen molar-refractivity contribution in [3.05, 3.63) is 30.1 Å². The second-order valence-electron chi connectivity index (χ2n) is 8.02. The molecule has 0 radical (unpaired) electrons. The summed E-state index contributed by atoms with van der Waals surface area (Å²) in [4.78, 5) is 29.0. The Morgan fingerprint density at radius 2 is 2.08 bits per heavy atom. The van der Waals surface area contributed by atoms with Gasteiger partial charge >= 0.3 is 6.09 Å². The lowest BCUT2D eigenvalue weighted by atomic mass is 9.57. The number of amides is 2. The van der Waals surface area contributed by atoms with Gasteiger partial charge in [-0.1, -0.05) is 6.07 Å². The second kappa shape index (κ2) is 6.32. The van der Waals surface area contributed by atoms with Crippen LogP contribution in [0.2, 0.25) is 0 Å². The average Bonchev–Trinajstić information content (AvgIpc) is 3.40. The smallest absolute Gasteiger partial charge is 0.407 e. The van der Waals surface area contributed by atoms with Crippen molar-refractivity contribution in [1.29, 1.82) is 0 Å². The van der Waals surface area contributed by atoms with Gasteiger partial charge in [0.2, 0.25) is 5.91 Å². The standard InChI is InChI=1S/C19H25N3O3/c23-17(16-8-15(16)14-2-1-5-20-12-14)21-11-13-9-19(10-13)3-6-22(7-4-19)18(24)25/h1-2,5,12-13,15-16H,3-4,6-11H2,(H,21,23)(H,24,25). The lowest BCUT2D eigenvalue weighted by Gasteiger charge is -2.52. The van der Waals surface area contributed by atoms with E-state index in [0.717, 1.165) is 44.2 Å². The van der Waals surface area contributed by atoms with E-state index in [9.17, 15) is 9.59 Å². The highest BCUT2D eigenvalue weighted by Crippen LogP contribution is 2.52. The van der Waals surface area contributed by atoms with Crippen LogP contribution in [0.3, 0.4) is 0 Å². The molecule has 2 saturated carbocycles. The molecule has 4 rings (SSSR count). The van der Waals surface area contributed by atoms with Gasteiger partial charge in [0.15, 0.2) is 0 Å². The molecule has 3 aliphatic rings. The van der Waals surface area contributed by atoms with Crippen LogP contribution < -0.4 is 5.32 Å². The van der Waals surface area contributed by atoms with E-state index in [4.69, 9.17) is 5.11 Å². The van der Waals surface area contributed by atoms with Crippen LogP contribution in [0.5, 0.6) is 0 Å². The van der Waals surface area contributed by atoms with Crippen LogP contribution >= 0.6 is 0 Å². The molecule has 2 aliphatic carbocycles. The maximum Gasteiger partial charge on any atom is 0.407 e. The van der Waals surface area contributed by atoms with E-state index in [1.54, 1.807) is 6.20 Å². The zero-order valence-corrected chi connectivity index (χ0v) is 14.4. The highest BCUT2D eigenvalue weighted by atomic mass is 16.4. The molecule has 6 heteroatoms. The number of aromatic nitrogens is 1. The van der Waals surface area contributed by atoms with Crippen molar-refractivity contribution in [1.82, 2.24) is 15.2 Å². The topological polar surface area (TPSA) is 82.5 Å². The van der Waals surface area contributed by atoms with Crippen molar-refractivity contribution in [3.8, 4) is 0 Å². The summed E-state index contributed by atoms with van der Waals surface area (Å²) >= 11 is 0. The van der Waals surface area contributed by atoms with Crippen molar-refractivity contribution < 1.29 is 14.7 Å². The molecule has 2 unspecified atom stereocenters. The third-order valence-corrected chi connectivity index (χ3v) is 6.34. The summed E-state index contributed by atoms with van der Waals surface area (Å²) in [6, 6.07) is 3.97. The summed E-state index contributed by atoms with van der Waals surface area (Å²) in [5.41, 5.74) is 1.49. The summed E-state index contributed by atoms with van der Waals surface area (Å²) < 4.78 is 0. The Bertz CT molecular complexity index is 647. The quantitative estimate of drug-likeness (QED) is 0.880. The number of piperidine rings is 1. The highest BCUT2D eigenvalue weighted by Gasteiger charge is 2.47. The van der Waals surface area contributed by atoms with Gasteiger partial charge in [-0.05, 0) is 61.0 Å². The Morgan fingerprint density at radius 3 is 2.72 bits per heavy atom. The van der Waals surface area contributed by atoms with Crippen LogP contribution in [-0.4, -0.2) is 46.6 Å². The van der Waals surface area contributed by atoms with Gasteiger partial charge in [0.1, 0.15) is 0 Å². The number of hydrogen-bond acceptors (Lipinski definition) is 3. The summed E-state index contributed by atoms with van der Waals surface area (Å²) in [5.74, 6) is 1.17. The van der Waals surface area contributed by atoms with Gasteiger partial charge in [0.25, 0.3) is 0 Å². The van der Waals surface area contributed by atoms with Crippen LogP contribution in [0.15, 0.2) is 24.5 Å². The molecule has 25 heavy (non-hydrogen) atoms. The normalized spacial score (nSPS) is 27.6. The molecule has 6 nitrogen and oxygen atoms in total. The van der Waals surface area contributed by atoms with Crippen LogP contribution in [0.25, 0.3) is 0 Å². The molecule has 1 aromatic heterocycles. The minimum Gasteiger partial charge on any atom is -0.465 e. The Hall–Kier alpha value is -2.11. The van der Waals surface area contributed by atoms with Crippen molar-refractivity contribution in [2.45, 2.75) is 38.0 Å². The average molecular weight is 343 g/mol. The van der Waals surface area contributed by atoms with Crippen LogP contribution in [-0.2, 0) is 4.79 Å². The highest BCUT2D eigenvalue weighted by molar-refractivity contribution is 5.82. The van der Waals surface area contributed by atoms with Gasteiger partial charge in [-0.15, -0.1) is 0 Å². The predicted molar refractivity (Wildman–Crippen MR) is 92.1 cm³/mol. The number of pyridine rings is 1. The molecule has 1 aliphatic heterocycles. The van der Waals surface area contributed by atoms with E-state index < -0.39 is 6.09 Å². The molecular weight excluding hydrogens is 318 g/mol. The summed E-state index contributed by atoms with van der Waals surface area (Å²) in [6.45, 7) is 2.08. The molecule has 0 bridgehead atoms. The van der Waals surface area contributed by atoms with E-state index in [2.05, 4.69) is 10.3 Å². The molecule has 0 aromatic carbocycles. The maximum absolute atomic E-state index is 12.3. The van der Waals surface area contributed by atoms with E-state index in [0.29, 0.717) is 30.3 Å². The Labute approximate surface area is 147 Å². The molecular formula is C19H25N3O3. The van der Waals surface area contributed by atoms with E-state index in [1.165, 1.54) is 4.90 Å². The fourth-order valence-electron chi connectivity index (χ4n) is 4.71. The van der Waals surface area contributed by atoms with Gasteiger partial charge in [-0.2, -0.15) is 0 Å². The van der Waals surface area contributed by atoms with Gasteiger partial charge in [-0.3, -0.25) is 9.78 Å². The molecule has 1 saturated heterocycles. The molecule has 1 spiro atoms. The van der Waals surface area contributed by atoms with Gasteiger partial charge < -0.3 is 15.3 Å². The molecule has 1 aromatic rings. The first-order valence-corrected chi connectivity index (χ1v) is 9.22. The first kappa shape index (κ1) is 16.4. The number of nitrogens with zero attached hydrogens (tertiary/aromatic N) is 2. The SMILES string of the molecule is O=C(NCC1CC2(CCN(C(=O)O)CC2)C1)C1CC1c1cccnc1. The third-order valence-electron chi connectivity index (χ3n) is 6.34. The first-order chi connectivity index (χ1) is 12.1. The predicted octanol–water partition coefficient (Wildman–Crippen LogP) is 2.47. The molecule has 3 fully saturated rings. The molecule has 2 amide bonds. The van der Waals surface area contributed by atoms with Crippen molar-refractivity contribution in [2.75, 3.05) is 19.6 Å².